The van der Waals surface area contributed by atoms with E-state index in [1.54, 1.807) is 13.8 Å². The van der Waals surface area contributed by atoms with Crippen LogP contribution in [0.2, 0.25) is 0 Å². The molecule has 7 nitrogen and oxygen atoms in total. The number of hydrogen-bond acceptors (Lipinski definition) is 4. The lowest BCUT2D eigenvalue weighted by Gasteiger charge is -2.38. The van der Waals surface area contributed by atoms with Crippen molar-refractivity contribution in [3.05, 3.63) is 0 Å². The largest absolute Gasteiger partial charge is 0.347 e. The van der Waals surface area contributed by atoms with Crippen molar-refractivity contribution in [1.29, 1.82) is 0 Å². The van der Waals surface area contributed by atoms with Gasteiger partial charge in [0.15, 0.2) is 0 Å². The summed E-state index contributed by atoms with van der Waals surface area (Å²) in [4.78, 5) is 49.7. The van der Waals surface area contributed by atoms with Gasteiger partial charge in [-0.05, 0) is 12.8 Å². The molecule has 0 aliphatic carbocycles. The molecule has 1 heterocycles. The molecule has 1 aliphatic rings. The van der Waals surface area contributed by atoms with Gasteiger partial charge in [-0.25, -0.2) is 4.79 Å². The van der Waals surface area contributed by atoms with Crippen molar-refractivity contribution in [2.75, 3.05) is 20.6 Å². The Morgan fingerprint density at radius 1 is 1.21 bits per heavy atom. The number of nitrogens with zero attached hydrogens (tertiary/aromatic N) is 2. The summed E-state index contributed by atoms with van der Waals surface area (Å²) in [5, 5.41) is 2.15. The molecule has 5 amide bonds. The molecule has 0 aromatic carbocycles. The molecule has 0 aromatic heterocycles. The highest BCUT2D eigenvalue weighted by Gasteiger charge is 2.51. The predicted octanol–water partition coefficient (Wildman–Crippen LogP) is -0.0406. The molecule has 0 radical (unpaired) electrons. The van der Waals surface area contributed by atoms with Crippen molar-refractivity contribution in [2.45, 2.75) is 26.7 Å². The Labute approximate surface area is 111 Å². The minimum atomic E-state index is -1.25. The van der Waals surface area contributed by atoms with E-state index in [0.29, 0.717) is 0 Å². The predicted molar refractivity (Wildman–Crippen MR) is 67.0 cm³/mol. The van der Waals surface area contributed by atoms with Gasteiger partial charge in [-0.15, -0.1) is 0 Å². The number of hydrogen-bond donors (Lipinski definition) is 1. The van der Waals surface area contributed by atoms with Crippen molar-refractivity contribution in [3.8, 4) is 0 Å². The molecule has 1 rings (SSSR count). The third kappa shape index (κ3) is 2.45. The molecule has 19 heavy (non-hydrogen) atoms. The summed E-state index contributed by atoms with van der Waals surface area (Å²) in [6.07, 6.45) is 0.572. The lowest BCUT2D eigenvalue weighted by molar-refractivity contribution is -0.154. The second-order valence-electron chi connectivity index (χ2n) is 4.73. The van der Waals surface area contributed by atoms with Crippen LogP contribution in [0.25, 0.3) is 0 Å². The fourth-order valence-electron chi connectivity index (χ4n) is 2.03. The molecule has 0 atom stereocenters. The van der Waals surface area contributed by atoms with E-state index in [9.17, 15) is 19.2 Å². The van der Waals surface area contributed by atoms with Crippen LogP contribution in [0.5, 0.6) is 0 Å². The van der Waals surface area contributed by atoms with Gasteiger partial charge in [-0.1, -0.05) is 13.8 Å². The van der Waals surface area contributed by atoms with Gasteiger partial charge in [-0.3, -0.25) is 24.6 Å². The smallest absolute Gasteiger partial charge is 0.331 e. The number of carbonyl (C=O) groups excluding carboxylic acids is 4. The average molecular weight is 269 g/mol. The first-order valence-corrected chi connectivity index (χ1v) is 6.17. The maximum atomic E-state index is 12.4. The maximum absolute atomic E-state index is 12.4. The molecule has 0 aromatic rings. The van der Waals surface area contributed by atoms with Crippen LogP contribution in [0, 0.1) is 5.41 Å². The zero-order valence-electron chi connectivity index (χ0n) is 11.6. The van der Waals surface area contributed by atoms with Crippen LogP contribution in [-0.2, 0) is 14.4 Å². The van der Waals surface area contributed by atoms with Crippen LogP contribution in [0.3, 0.4) is 0 Å². The third-order valence-corrected chi connectivity index (χ3v) is 3.55. The normalized spacial score (nSPS) is 18.3. The van der Waals surface area contributed by atoms with Crippen LogP contribution >= 0.6 is 0 Å². The van der Waals surface area contributed by atoms with Crippen molar-refractivity contribution in [1.82, 2.24) is 15.1 Å². The molecule has 0 saturated carbocycles. The minimum absolute atomic E-state index is 0.286. The highest BCUT2D eigenvalue weighted by Crippen LogP contribution is 2.32. The molecule has 0 bridgehead atoms. The van der Waals surface area contributed by atoms with Gasteiger partial charge in [-0.2, -0.15) is 0 Å². The molecular weight excluding hydrogens is 250 g/mol. The maximum Gasteiger partial charge on any atom is 0.331 e. The SMILES string of the molecule is CCC1(CC)C(=O)NC(=O)N(CC(=O)N(C)C)C1=O. The van der Waals surface area contributed by atoms with Crippen LogP contribution in [0.15, 0.2) is 0 Å². The summed E-state index contributed by atoms with van der Waals surface area (Å²) in [5.41, 5.74) is -1.25. The van der Waals surface area contributed by atoms with Gasteiger partial charge in [0, 0.05) is 14.1 Å². The van der Waals surface area contributed by atoms with Gasteiger partial charge < -0.3 is 4.90 Å². The number of urea groups is 1. The van der Waals surface area contributed by atoms with Gasteiger partial charge >= 0.3 is 6.03 Å². The Morgan fingerprint density at radius 3 is 2.16 bits per heavy atom. The minimum Gasteiger partial charge on any atom is -0.347 e. The summed E-state index contributed by atoms with van der Waals surface area (Å²) in [6.45, 7) is 3.07. The molecule has 7 heteroatoms. The Bertz CT molecular complexity index is 427. The van der Waals surface area contributed by atoms with Crippen LogP contribution in [-0.4, -0.2) is 54.2 Å². The summed E-state index contributed by atoms with van der Waals surface area (Å²) in [7, 11) is 3.07. The van der Waals surface area contributed by atoms with Crippen LogP contribution in [0.1, 0.15) is 26.7 Å². The fourth-order valence-corrected chi connectivity index (χ4v) is 2.03. The van der Waals surface area contributed by atoms with Crippen molar-refractivity contribution in [3.63, 3.8) is 0 Å². The van der Waals surface area contributed by atoms with Crippen molar-refractivity contribution >= 4 is 23.8 Å². The molecule has 0 spiro atoms. The topological polar surface area (TPSA) is 86.8 Å². The average Bonchev–Trinajstić information content (AvgIpc) is 2.35. The summed E-state index contributed by atoms with van der Waals surface area (Å²) >= 11 is 0. The molecule has 1 saturated heterocycles. The van der Waals surface area contributed by atoms with Crippen molar-refractivity contribution < 1.29 is 19.2 Å². The van der Waals surface area contributed by atoms with Gasteiger partial charge in [0.2, 0.25) is 17.7 Å². The Hall–Kier alpha value is -1.92. The highest BCUT2D eigenvalue weighted by atomic mass is 16.2. The lowest BCUT2D eigenvalue weighted by Crippen LogP contribution is -2.64. The number of barbiturate groups is 1. The monoisotopic (exact) mass is 269 g/mol. The Morgan fingerprint density at radius 2 is 1.74 bits per heavy atom. The molecule has 106 valence electrons. The van der Waals surface area contributed by atoms with Crippen molar-refractivity contribution in [2.24, 2.45) is 5.41 Å². The van der Waals surface area contributed by atoms with E-state index >= 15 is 0 Å². The van der Waals surface area contributed by atoms with Crippen LogP contribution < -0.4 is 5.32 Å². The van der Waals surface area contributed by atoms with Gasteiger partial charge in [0.1, 0.15) is 12.0 Å². The summed E-state index contributed by atoms with van der Waals surface area (Å²) < 4.78 is 0. The highest BCUT2D eigenvalue weighted by molar-refractivity contribution is 6.19. The van der Waals surface area contributed by atoms with Gasteiger partial charge in [0.25, 0.3) is 0 Å². The van der Waals surface area contributed by atoms with E-state index in [0.717, 1.165) is 4.90 Å². The number of rotatable bonds is 4. The fraction of sp³-hybridized carbons (Fsp3) is 0.667. The van der Waals surface area contributed by atoms with Gasteiger partial charge in [0.05, 0.1) is 0 Å². The zero-order chi connectivity index (χ0) is 14.8. The molecule has 1 N–H and O–H groups in total. The molecule has 1 aliphatic heterocycles. The van der Waals surface area contributed by atoms with E-state index in [-0.39, 0.29) is 25.3 Å². The van der Waals surface area contributed by atoms with E-state index in [4.69, 9.17) is 0 Å². The quantitative estimate of drug-likeness (QED) is 0.725. The second kappa shape index (κ2) is 5.38. The summed E-state index contributed by atoms with van der Waals surface area (Å²) in [5.74, 6) is -1.55. The molecular formula is C12H19N3O4. The van der Waals surface area contributed by atoms with E-state index in [1.165, 1.54) is 19.0 Å². The summed E-state index contributed by atoms with van der Waals surface area (Å²) in [6, 6.07) is -0.831. The number of amides is 5. The van der Waals surface area contributed by atoms with E-state index in [2.05, 4.69) is 5.32 Å². The Kier molecular flexibility index (Phi) is 4.28. The van der Waals surface area contributed by atoms with Crippen LogP contribution in [0.4, 0.5) is 4.79 Å². The number of likely N-dealkylation sites (N-methyl/N-ethyl adjacent to an activating group) is 1. The number of carbonyl (C=O) groups is 4. The van der Waals surface area contributed by atoms with E-state index < -0.39 is 23.3 Å². The number of nitrogens with one attached hydrogen (secondary N) is 1. The number of imide groups is 2. The molecule has 1 fully saturated rings. The van der Waals surface area contributed by atoms with E-state index in [1.807, 2.05) is 0 Å². The second-order valence-corrected chi connectivity index (χ2v) is 4.73. The lowest BCUT2D eigenvalue weighted by atomic mass is 9.78. The zero-order valence-corrected chi connectivity index (χ0v) is 11.6. The first-order chi connectivity index (χ1) is 8.80. The Balaban J connectivity index is 3.06. The third-order valence-electron chi connectivity index (χ3n) is 3.55. The first kappa shape index (κ1) is 15.1. The molecule has 0 unspecified atom stereocenters. The standard InChI is InChI=1S/C12H19N3O4/c1-5-12(6-2)9(17)13-11(19)15(10(12)18)7-8(16)14(3)4/h5-7H2,1-4H3,(H,13,17,19). The first-order valence-electron chi connectivity index (χ1n) is 6.17.